The Morgan fingerprint density at radius 1 is 1.14 bits per heavy atom. The molecule has 0 aromatic heterocycles. The van der Waals surface area contributed by atoms with Gasteiger partial charge in [0.15, 0.2) is 6.61 Å². The highest BCUT2D eigenvalue weighted by Gasteiger charge is 2.30. The third kappa shape index (κ3) is 6.54. The highest BCUT2D eigenvalue weighted by atomic mass is 32.2. The number of nitrogens with zero attached hydrogens (tertiary/aromatic N) is 1. The van der Waals surface area contributed by atoms with E-state index < -0.39 is 34.3 Å². The molecule has 0 saturated heterocycles. The van der Waals surface area contributed by atoms with E-state index in [9.17, 15) is 26.4 Å². The van der Waals surface area contributed by atoms with E-state index in [1.165, 1.54) is 23.5 Å². The molecule has 10 heteroatoms. The van der Waals surface area contributed by atoms with Crippen molar-refractivity contribution < 1.29 is 31.1 Å². The number of halogens is 3. The monoisotopic (exact) mass is 416 g/mol. The Hall–Kier alpha value is -2.59. The second-order valence-corrected chi connectivity index (χ2v) is 8.17. The minimum absolute atomic E-state index is 0.0163. The number of nitrogens with one attached hydrogen (secondary N) is 1. The Kier molecular flexibility index (Phi) is 6.68. The number of hydrogen-bond donors (Lipinski definition) is 1. The predicted octanol–water partition coefficient (Wildman–Crippen LogP) is 3.11. The average molecular weight is 416 g/mol. The molecule has 0 aliphatic rings. The number of hydrogen-bond acceptors (Lipinski definition) is 4. The van der Waals surface area contributed by atoms with Gasteiger partial charge < -0.3 is 10.1 Å². The molecule has 0 saturated carbocycles. The van der Waals surface area contributed by atoms with Crippen molar-refractivity contribution in [1.82, 2.24) is 4.31 Å². The summed E-state index contributed by atoms with van der Waals surface area (Å²) in [5.74, 6) is -0.245. The lowest BCUT2D eigenvalue weighted by Crippen LogP contribution is -2.24. The highest BCUT2D eigenvalue weighted by molar-refractivity contribution is 7.88. The van der Waals surface area contributed by atoms with Crippen LogP contribution in [0.3, 0.4) is 0 Å². The number of rotatable bonds is 7. The summed E-state index contributed by atoms with van der Waals surface area (Å²) in [5.41, 5.74) is -0.114. The quantitative estimate of drug-likeness (QED) is 0.753. The maximum absolute atomic E-state index is 12.7. The zero-order valence-corrected chi connectivity index (χ0v) is 16.0. The predicted molar refractivity (Wildman–Crippen MR) is 98.3 cm³/mol. The van der Waals surface area contributed by atoms with E-state index >= 15 is 0 Å². The lowest BCUT2D eigenvalue weighted by atomic mass is 10.2. The Balaban J connectivity index is 1.89. The van der Waals surface area contributed by atoms with Crippen molar-refractivity contribution in [2.75, 3.05) is 25.2 Å². The molecule has 2 aromatic rings. The molecular weight excluding hydrogens is 397 g/mol. The number of alkyl halides is 3. The summed E-state index contributed by atoms with van der Waals surface area (Å²) in [7, 11) is -1.84. The summed E-state index contributed by atoms with van der Waals surface area (Å²) in [4.78, 5) is 11.9. The van der Waals surface area contributed by atoms with Crippen LogP contribution in [-0.4, -0.2) is 38.5 Å². The molecular formula is C18H19F3N2O4S. The first-order valence-corrected chi connectivity index (χ1v) is 9.90. The van der Waals surface area contributed by atoms with Crippen LogP contribution in [0.1, 0.15) is 11.1 Å². The fourth-order valence-electron chi connectivity index (χ4n) is 2.18. The standard InChI is InChI=1S/C18H19F3N2O4S/c1-23(28(2,25)26)11-13-6-8-16(9-7-13)27-12-17(24)22-15-5-3-4-14(10-15)18(19,20)21/h3-10H,11-12H2,1-2H3,(H,22,24). The Morgan fingerprint density at radius 3 is 2.36 bits per heavy atom. The molecule has 152 valence electrons. The minimum atomic E-state index is -4.50. The molecule has 1 amide bonds. The fraction of sp³-hybridized carbons (Fsp3) is 0.278. The van der Waals surface area contributed by atoms with E-state index in [1.54, 1.807) is 24.3 Å². The summed E-state index contributed by atoms with van der Waals surface area (Å²) < 4.78 is 67.3. The Morgan fingerprint density at radius 2 is 1.79 bits per heavy atom. The van der Waals surface area contributed by atoms with Gasteiger partial charge in [0.25, 0.3) is 5.91 Å². The third-order valence-corrected chi connectivity index (χ3v) is 5.00. The zero-order valence-electron chi connectivity index (χ0n) is 15.2. The maximum atomic E-state index is 12.7. The molecule has 0 fully saturated rings. The summed E-state index contributed by atoms with van der Waals surface area (Å²) in [5, 5.41) is 2.34. The van der Waals surface area contributed by atoms with E-state index in [2.05, 4.69) is 5.32 Å². The second kappa shape index (κ2) is 8.61. The zero-order chi connectivity index (χ0) is 20.9. The first-order valence-electron chi connectivity index (χ1n) is 8.05. The number of anilines is 1. The van der Waals surface area contributed by atoms with E-state index in [4.69, 9.17) is 4.74 Å². The molecule has 0 heterocycles. The normalized spacial score (nSPS) is 12.1. The molecule has 28 heavy (non-hydrogen) atoms. The van der Waals surface area contributed by atoms with Crippen LogP contribution in [0.4, 0.5) is 18.9 Å². The van der Waals surface area contributed by atoms with Crippen molar-refractivity contribution in [1.29, 1.82) is 0 Å². The molecule has 0 radical (unpaired) electrons. The van der Waals surface area contributed by atoms with E-state index in [0.29, 0.717) is 5.75 Å². The average Bonchev–Trinajstić information content (AvgIpc) is 2.60. The van der Waals surface area contributed by atoms with Crippen LogP contribution in [0, 0.1) is 0 Å². The van der Waals surface area contributed by atoms with Gasteiger partial charge in [-0.15, -0.1) is 0 Å². The van der Waals surface area contributed by atoms with Gasteiger partial charge >= 0.3 is 6.18 Å². The molecule has 6 nitrogen and oxygen atoms in total. The van der Waals surface area contributed by atoms with Crippen LogP contribution in [0.15, 0.2) is 48.5 Å². The first kappa shape index (κ1) is 21.7. The van der Waals surface area contributed by atoms with Crippen LogP contribution in [0.25, 0.3) is 0 Å². The summed E-state index contributed by atoms with van der Waals surface area (Å²) in [6, 6.07) is 10.8. The Bertz CT molecular complexity index is 929. The van der Waals surface area contributed by atoms with Crippen molar-refractivity contribution in [2.45, 2.75) is 12.7 Å². The van der Waals surface area contributed by atoms with Crippen LogP contribution in [0.2, 0.25) is 0 Å². The number of amides is 1. The van der Waals surface area contributed by atoms with Gasteiger partial charge in [0.2, 0.25) is 10.0 Å². The smallest absolute Gasteiger partial charge is 0.416 e. The van der Waals surface area contributed by atoms with Crippen molar-refractivity contribution in [3.63, 3.8) is 0 Å². The van der Waals surface area contributed by atoms with Crippen LogP contribution in [0.5, 0.6) is 5.75 Å². The molecule has 1 N–H and O–H groups in total. The van der Waals surface area contributed by atoms with Gasteiger partial charge in [-0.1, -0.05) is 18.2 Å². The van der Waals surface area contributed by atoms with Crippen molar-refractivity contribution in [3.8, 4) is 5.75 Å². The summed E-state index contributed by atoms with van der Waals surface area (Å²) >= 11 is 0. The third-order valence-electron chi connectivity index (χ3n) is 3.74. The molecule has 0 unspecified atom stereocenters. The van der Waals surface area contributed by atoms with Gasteiger partial charge in [-0.05, 0) is 35.9 Å². The van der Waals surface area contributed by atoms with Crippen molar-refractivity contribution in [2.24, 2.45) is 0 Å². The number of sulfonamides is 1. The summed E-state index contributed by atoms with van der Waals surface area (Å²) in [6.07, 6.45) is -3.39. The molecule has 2 rings (SSSR count). The maximum Gasteiger partial charge on any atom is 0.416 e. The molecule has 2 aromatic carbocycles. The number of ether oxygens (including phenoxy) is 1. The van der Waals surface area contributed by atoms with Gasteiger partial charge in [-0.3, -0.25) is 4.79 Å². The molecule has 0 aliphatic carbocycles. The van der Waals surface area contributed by atoms with Gasteiger partial charge in [0.1, 0.15) is 5.75 Å². The molecule has 0 bridgehead atoms. The number of carbonyl (C=O) groups excluding carboxylic acids is 1. The van der Waals surface area contributed by atoms with E-state index in [0.717, 1.165) is 24.0 Å². The largest absolute Gasteiger partial charge is 0.484 e. The van der Waals surface area contributed by atoms with Crippen molar-refractivity contribution in [3.05, 3.63) is 59.7 Å². The lowest BCUT2D eigenvalue weighted by molar-refractivity contribution is -0.137. The van der Waals surface area contributed by atoms with E-state index in [-0.39, 0.29) is 12.2 Å². The fourth-order valence-corrected chi connectivity index (χ4v) is 2.57. The first-order chi connectivity index (χ1) is 12.9. The molecule has 0 aliphatic heterocycles. The minimum Gasteiger partial charge on any atom is -0.484 e. The SMILES string of the molecule is CN(Cc1ccc(OCC(=O)Nc2cccc(C(F)(F)F)c2)cc1)S(C)(=O)=O. The molecule has 0 atom stereocenters. The van der Waals surface area contributed by atoms with E-state index in [1.807, 2.05) is 0 Å². The Labute approximate surface area is 161 Å². The van der Waals surface area contributed by atoms with Crippen LogP contribution >= 0.6 is 0 Å². The van der Waals surface area contributed by atoms with Gasteiger partial charge in [0.05, 0.1) is 11.8 Å². The van der Waals surface area contributed by atoms with Gasteiger partial charge in [0, 0.05) is 19.3 Å². The highest BCUT2D eigenvalue weighted by Crippen LogP contribution is 2.30. The van der Waals surface area contributed by atoms with Gasteiger partial charge in [-0.2, -0.15) is 13.2 Å². The summed E-state index contributed by atoms with van der Waals surface area (Å²) in [6.45, 7) is -0.200. The lowest BCUT2D eigenvalue weighted by Gasteiger charge is -2.14. The van der Waals surface area contributed by atoms with Gasteiger partial charge in [-0.25, -0.2) is 12.7 Å². The topological polar surface area (TPSA) is 75.7 Å². The van der Waals surface area contributed by atoms with Crippen molar-refractivity contribution >= 4 is 21.6 Å². The number of carbonyl (C=O) groups is 1. The van der Waals surface area contributed by atoms with Crippen LogP contribution < -0.4 is 10.1 Å². The second-order valence-electron chi connectivity index (χ2n) is 6.08. The number of benzene rings is 2. The molecule has 0 spiro atoms. The van der Waals surface area contributed by atoms with Crippen LogP contribution in [-0.2, 0) is 27.5 Å².